The predicted molar refractivity (Wildman–Crippen MR) is 148 cm³/mol. The number of fused-ring (bicyclic) bond motifs is 1. The van der Waals surface area contributed by atoms with E-state index in [4.69, 9.17) is 9.47 Å². The quantitative estimate of drug-likeness (QED) is 0.332. The Hall–Kier alpha value is -3.28. The van der Waals surface area contributed by atoms with E-state index in [1.807, 2.05) is 12.1 Å². The number of rotatable bonds is 6. The maximum Gasteiger partial charge on any atom is 0.411 e. The van der Waals surface area contributed by atoms with Crippen LogP contribution < -0.4 is 15.4 Å². The van der Waals surface area contributed by atoms with E-state index >= 15 is 0 Å². The van der Waals surface area contributed by atoms with E-state index in [2.05, 4.69) is 51.3 Å². The summed E-state index contributed by atoms with van der Waals surface area (Å²) in [6.45, 7) is 10.8. The molecule has 2 N–H and O–H groups in total. The van der Waals surface area contributed by atoms with Crippen molar-refractivity contribution in [2.45, 2.75) is 71.9 Å². The molecule has 0 unspecified atom stereocenters. The van der Waals surface area contributed by atoms with E-state index in [0.29, 0.717) is 29.0 Å². The van der Waals surface area contributed by atoms with Gasteiger partial charge < -0.3 is 14.8 Å². The minimum Gasteiger partial charge on any atom is -0.497 e. The summed E-state index contributed by atoms with van der Waals surface area (Å²) in [5.41, 5.74) is 3.90. The van der Waals surface area contributed by atoms with Crippen LogP contribution in [0.5, 0.6) is 5.75 Å². The van der Waals surface area contributed by atoms with Gasteiger partial charge in [-0.3, -0.25) is 10.1 Å². The molecule has 0 spiro atoms. The maximum atomic E-state index is 13.2. The molecule has 2 aromatic carbocycles. The zero-order chi connectivity index (χ0) is 26.7. The van der Waals surface area contributed by atoms with Gasteiger partial charge in [0.2, 0.25) is 0 Å². The second-order valence-corrected chi connectivity index (χ2v) is 11.6. The van der Waals surface area contributed by atoms with Crippen LogP contribution in [-0.4, -0.2) is 30.6 Å². The number of benzene rings is 2. The van der Waals surface area contributed by atoms with Gasteiger partial charge in [-0.05, 0) is 92.8 Å². The summed E-state index contributed by atoms with van der Waals surface area (Å²) >= 11 is 0. The highest BCUT2D eigenvalue weighted by Crippen LogP contribution is 2.36. The summed E-state index contributed by atoms with van der Waals surface area (Å²) < 4.78 is 11.2. The molecule has 4 rings (SSSR count). The first-order valence-electron chi connectivity index (χ1n) is 13.3. The molecule has 0 bridgehead atoms. The van der Waals surface area contributed by atoms with E-state index < -0.39 is 6.09 Å². The number of carbonyl (C=O) groups is 2. The van der Waals surface area contributed by atoms with Crippen molar-refractivity contribution >= 4 is 23.3 Å². The zero-order valence-corrected chi connectivity index (χ0v) is 22.9. The number of hydrogen-bond acceptors (Lipinski definition) is 5. The van der Waals surface area contributed by atoms with Gasteiger partial charge in [-0.1, -0.05) is 33.3 Å². The number of ether oxygens (including phenoxy) is 2. The zero-order valence-electron chi connectivity index (χ0n) is 22.9. The average Bonchev–Trinajstić information content (AvgIpc) is 2.83. The van der Waals surface area contributed by atoms with Gasteiger partial charge in [0, 0.05) is 34.1 Å². The third-order valence-corrected chi connectivity index (χ3v) is 7.62. The fraction of sp³-hybridized carbons (Fsp3) is 0.484. The van der Waals surface area contributed by atoms with Gasteiger partial charge in [-0.15, -0.1) is 0 Å². The van der Waals surface area contributed by atoms with Gasteiger partial charge in [0.05, 0.1) is 7.11 Å². The highest BCUT2D eigenvalue weighted by molar-refractivity contribution is 6.09. The number of nitrogens with one attached hydrogen (secondary N) is 2. The number of amides is 1. The molecule has 1 fully saturated rings. The van der Waals surface area contributed by atoms with Crippen molar-refractivity contribution < 1.29 is 19.1 Å². The third-order valence-electron chi connectivity index (χ3n) is 7.62. The van der Waals surface area contributed by atoms with Crippen molar-refractivity contribution in [1.29, 1.82) is 0 Å². The van der Waals surface area contributed by atoms with E-state index in [-0.39, 0.29) is 17.4 Å². The monoisotopic (exact) mass is 504 g/mol. The van der Waals surface area contributed by atoms with Crippen LogP contribution >= 0.6 is 0 Å². The van der Waals surface area contributed by atoms with Crippen LogP contribution in [0.3, 0.4) is 0 Å². The largest absolute Gasteiger partial charge is 0.497 e. The average molecular weight is 505 g/mol. The summed E-state index contributed by atoms with van der Waals surface area (Å²) in [5, 5.41) is 6.34. The van der Waals surface area contributed by atoms with Crippen LogP contribution in [-0.2, 0) is 11.2 Å². The SMILES string of the molecule is COc1ccc2c(c1)/C(=C/C(=O)c1ccc(NC(=O)O[C@@H]3C[C@H](C)CC[C@H]3C(C)C)cc1)NC(C)(C)C2. The van der Waals surface area contributed by atoms with Crippen molar-refractivity contribution in [3.05, 3.63) is 65.2 Å². The van der Waals surface area contributed by atoms with Crippen molar-refractivity contribution in [3.8, 4) is 5.75 Å². The Bertz CT molecular complexity index is 1170. The number of allylic oxidation sites excluding steroid dienone is 1. The van der Waals surface area contributed by atoms with Crippen molar-refractivity contribution in [3.63, 3.8) is 0 Å². The molecular weight excluding hydrogens is 464 g/mol. The molecule has 0 saturated heterocycles. The lowest BCUT2D eigenvalue weighted by atomic mass is 9.75. The fourth-order valence-corrected chi connectivity index (χ4v) is 5.62. The summed E-state index contributed by atoms with van der Waals surface area (Å²) in [6.07, 6.45) is 5.17. The Morgan fingerprint density at radius 2 is 1.84 bits per heavy atom. The minimum atomic E-state index is -0.440. The molecule has 1 heterocycles. The molecule has 1 amide bonds. The summed E-state index contributed by atoms with van der Waals surface area (Å²) in [7, 11) is 1.64. The van der Waals surface area contributed by atoms with E-state index in [0.717, 1.165) is 36.3 Å². The third kappa shape index (κ3) is 6.54. The van der Waals surface area contributed by atoms with Crippen molar-refractivity contribution in [1.82, 2.24) is 5.32 Å². The Kier molecular flexibility index (Phi) is 7.96. The molecule has 0 aromatic heterocycles. The first-order chi connectivity index (χ1) is 17.5. The molecule has 2 aromatic rings. The molecule has 1 aliphatic heterocycles. The van der Waals surface area contributed by atoms with Gasteiger partial charge in [-0.2, -0.15) is 0 Å². The number of ketones is 1. The highest BCUT2D eigenvalue weighted by Gasteiger charge is 2.33. The highest BCUT2D eigenvalue weighted by atomic mass is 16.6. The van der Waals surface area contributed by atoms with Crippen LogP contribution in [0, 0.1) is 17.8 Å². The van der Waals surface area contributed by atoms with E-state index in [1.54, 1.807) is 37.5 Å². The Labute approximate surface area is 220 Å². The molecule has 6 nitrogen and oxygen atoms in total. The lowest BCUT2D eigenvalue weighted by Crippen LogP contribution is -2.43. The van der Waals surface area contributed by atoms with Crippen LogP contribution in [0.1, 0.15) is 75.4 Å². The smallest absolute Gasteiger partial charge is 0.411 e. The Morgan fingerprint density at radius 3 is 2.51 bits per heavy atom. The van der Waals surface area contributed by atoms with Crippen LogP contribution in [0.2, 0.25) is 0 Å². The summed E-state index contributed by atoms with van der Waals surface area (Å²) in [6, 6.07) is 12.9. The first kappa shape index (κ1) is 26.8. The maximum absolute atomic E-state index is 13.2. The fourth-order valence-electron chi connectivity index (χ4n) is 5.62. The molecule has 198 valence electrons. The molecule has 0 radical (unpaired) electrons. The van der Waals surface area contributed by atoms with E-state index in [1.165, 1.54) is 12.0 Å². The first-order valence-corrected chi connectivity index (χ1v) is 13.3. The summed E-state index contributed by atoms with van der Waals surface area (Å²) in [5.74, 6) is 2.06. The van der Waals surface area contributed by atoms with Crippen LogP contribution in [0.4, 0.5) is 10.5 Å². The topological polar surface area (TPSA) is 76.7 Å². The second-order valence-electron chi connectivity index (χ2n) is 11.6. The predicted octanol–water partition coefficient (Wildman–Crippen LogP) is 6.85. The number of anilines is 1. The Morgan fingerprint density at radius 1 is 1.11 bits per heavy atom. The molecule has 1 aliphatic carbocycles. The van der Waals surface area contributed by atoms with Crippen molar-refractivity contribution in [2.75, 3.05) is 12.4 Å². The number of carbonyl (C=O) groups excluding carboxylic acids is 2. The molecule has 3 atom stereocenters. The van der Waals surface area contributed by atoms with Gasteiger partial charge in [0.15, 0.2) is 5.78 Å². The Balaban J connectivity index is 1.44. The van der Waals surface area contributed by atoms with E-state index in [9.17, 15) is 9.59 Å². The lowest BCUT2D eigenvalue weighted by Gasteiger charge is -2.36. The standard InChI is InChI=1S/C31H40N2O4/c1-19(2)25-14-7-20(3)15-29(25)37-30(35)32-23-11-8-21(9-12-23)28(34)17-27-26-16-24(36-6)13-10-22(26)18-31(4,5)33-27/h8-13,16-17,19-20,25,29,33H,7,14-15,18H2,1-6H3,(H,32,35)/b27-17-/t20-,25+,29-/m1/s1. The lowest BCUT2D eigenvalue weighted by molar-refractivity contribution is 0.0126. The molecular formula is C31H40N2O4. The van der Waals surface area contributed by atoms with Crippen LogP contribution in [0.25, 0.3) is 5.70 Å². The normalized spacial score (nSPS) is 23.6. The van der Waals surface area contributed by atoms with Crippen LogP contribution in [0.15, 0.2) is 48.5 Å². The molecule has 1 saturated carbocycles. The van der Waals surface area contributed by atoms with Crippen molar-refractivity contribution in [2.24, 2.45) is 17.8 Å². The number of methoxy groups -OCH3 is 1. The molecule has 37 heavy (non-hydrogen) atoms. The minimum absolute atomic E-state index is 0.0648. The second kappa shape index (κ2) is 11.0. The van der Waals surface area contributed by atoms with Gasteiger partial charge in [-0.25, -0.2) is 4.79 Å². The van der Waals surface area contributed by atoms with Gasteiger partial charge in [0.1, 0.15) is 11.9 Å². The molecule has 2 aliphatic rings. The summed E-state index contributed by atoms with van der Waals surface area (Å²) in [4.78, 5) is 25.8. The number of hydrogen-bond donors (Lipinski definition) is 2. The van der Waals surface area contributed by atoms with Gasteiger partial charge >= 0.3 is 6.09 Å². The molecule has 6 heteroatoms. The van der Waals surface area contributed by atoms with Gasteiger partial charge in [0.25, 0.3) is 0 Å².